The summed E-state index contributed by atoms with van der Waals surface area (Å²) in [6.45, 7) is 2.14. The van der Waals surface area contributed by atoms with Gasteiger partial charge in [-0.2, -0.15) is 10.1 Å². The minimum absolute atomic E-state index is 0.113. The smallest absolute Gasteiger partial charge is 0.267 e. The lowest BCUT2D eigenvalue weighted by atomic mass is 10.1. The van der Waals surface area contributed by atoms with Crippen molar-refractivity contribution >= 4 is 15.9 Å². The Bertz CT molecular complexity index is 1130. The first-order valence-corrected chi connectivity index (χ1v) is 9.11. The predicted molar refractivity (Wildman–Crippen MR) is 105 cm³/mol. The third-order valence-corrected chi connectivity index (χ3v) is 4.60. The van der Waals surface area contributed by atoms with Gasteiger partial charge in [-0.05, 0) is 37.3 Å². The molecule has 0 aliphatic rings. The van der Waals surface area contributed by atoms with E-state index >= 15 is 0 Å². The first-order chi connectivity index (χ1) is 13.1. The Kier molecular flexibility index (Phi) is 4.68. The molecule has 0 saturated heterocycles. The van der Waals surface area contributed by atoms with Crippen molar-refractivity contribution in [3.05, 3.63) is 86.9 Å². The number of nitrogens with zero attached hydrogens (tertiary/aromatic N) is 4. The molecule has 0 atom stereocenters. The van der Waals surface area contributed by atoms with E-state index in [-0.39, 0.29) is 12.1 Å². The molecule has 27 heavy (non-hydrogen) atoms. The van der Waals surface area contributed by atoms with Crippen LogP contribution in [0.5, 0.6) is 0 Å². The van der Waals surface area contributed by atoms with Crippen LogP contribution in [0.1, 0.15) is 11.5 Å². The van der Waals surface area contributed by atoms with Crippen LogP contribution in [0.3, 0.4) is 0 Å². The predicted octanol–water partition coefficient (Wildman–Crippen LogP) is 4.08. The first-order valence-electron chi connectivity index (χ1n) is 8.32. The molecule has 0 aliphatic carbocycles. The van der Waals surface area contributed by atoms with Crippen LogP contribution in [0.25, 0.3) is 22.6 Å². The van der Waals surface area contributed by atoms with Crippen molar-refractivity contribution in [1.29, 1.82) is 0 Å². The monoisotopic (exact) mass is 422 g/mol. The van der Waals surface area contributed by atoms with Crippen LogP contribution in [-0.4, -0.2) is 19.9 Å². The third kappa shape index (κ3) is 3.88. The summed E-state index contributed by atoms with van der Waals surface area (Å²) in [6, 6.07) is 18.8. The molecular formula is C20H15BrN4O2. The van der Waals surface area contributed by atoms with E-state index in [1.54, 1.807) is 6.07 Å². The highest BCUT2D eigenvalue weighted by molar-refractivity contribution is 9.10. The molecule has 0 saturated carbocycles. The summed E-state index contributed by atoms with van der Waals surface area (Å²) in [5.74, 6) is 0.795. The summed E-state index contributed by atoms with van der Waals surface area (Å²) in [5.41, 5.74) is 3.42. The maximum atomic E-state index is 12.2. The lowest BCUT2D eigenvalue weighted by molar-refractivity contribution is 0.363. The topological polar surface area (TPSA) is 73.8 Å². The second-order valence-electron chi connectivity index (χ2n) is 6.10. The number of rotatable bonds is 4. The molecule has 0 fully saturated rings. The molecule has 0 spiro atoms. The van der Waals surface area contributed by atoms with Gasteiger partial charge in [-0.1, -0.05) is 50.9 Å². The average molecular weight is 423 g/mol. The normalized spacial score (nSPS) is 10.9. The van der Waals surface area contributed by atoms with Crippen molar-refractivity contribution in [1.82, 2.24) is 19.9 Å². The fourth-order valence-electron chi connectivity index (χ4n) is 2.60. The van der Waals surface area contributed by atoms with E-state index in [9.17, 15) is 4.79 Å². The molecule has 4 aromatic rings. The minimum atomic E-state index is -0.228. The maximum absolute atomic E-state index is 12.2. The summed E-state index contributed by atoms with van der Waals surface area (Å²) in [4.78, 5) is 16.5. The van der Waals surface area contributed by atoms with E-state index in [2.05, 4.69) is 31.2 Å². The fourth-order valence-corrected chi connectivity index (χ4v) is 2.87. The lowest BCUT2D eigenvalue weighted by Crippen LogP contribution is -2.23. The second kappa shape index (κ2) is 7.28. The molecule has 0 amide bonds. The van der Waals surface area contributed by atoms with Gasteiger partial charge in [0.1, 0.15) is 6.54 Å². The van der Waals surface area contributed by atoms with E-state index in [4.69, 9.17) is 4.52 Å². The van der Waals surface area contributed by atoms with Gasteiger partial charge in [0, 0.05) is 21.7 Å². The SMILES string of the molecule is Cc1ccc(-c2ccc(=O)n(Cc3nc(-c4ccc(Br)cc4)no3)n2)cc1. The van der Waals surface area contributed by atoms with Crippen LogP contribution >= 0.6 is 15.9 Å². The highest BCUT2D eigenvalue weighted by Gasteiger charge is 2.11. The van der Waals surface area contributed by atoms with Crippen LogP contribution < -0.4 is 5.56 Å². The number of aryl methyl sites for hydroxylation is 1. The average Bonchev–Trinajstić information content (AvgIpc) is 3.13. The van der Waals surface area contributed by atoms with E-state index < -0.39 is 0 Å². The van der Waals surface area contributed by atoms with Gasteiger partial charge in [0.2, 0.25) is 11.7 Å². The quantitative estimate of drug-likeness (QED) is 0.495. The second-order valence-corrected chi connectivity index (χ2v) is 7.01. The Balaban J connectivity index is 1.61. The summed E-state index contributed by atoms with van der Waals surface area (Å²) >= 11 is 3.39. The molecule has 2 aromatic carbocycles. The molecule has 2 heterocycles. The Morgan fingerprint density at radius 1 is 0.963 bits per heavy atom. The van der Waals surface area contributed by atoms with E-state index in [0.29, 0.717) is 17.4 Å². The van der Waals surface area contributed by atoms with Gasteiger partial charge >= 0.3 is 0 Å². The standard InChI is InChI=1S/C20H15BrN4O2/c1-13-2-4-14(5-3-13)17-10-11-19(26)25(23-17)12-18-22-20(24-27-18)15-6-8-16(21)9-7-15/h2-11H,12H2,1H3. The van der Waals surface area contributed by atoms with Crippen LogP contribution in [0, 0.1) is 6.92 Å². The fraction of sp³-hybridized carbons (Fsp3) is 0.100. The molecule has 134 valence electrons. The first kappa shape index (κ1) is 17.4. The number of benzene rings is 2. The minimum Gasteiger partial charge on any atom is -0.337 e. The summed E-state index contributed by atoms with van der Waals surface area (Å²) in [5, 5.41) is 8.42. The molecule has 0 unspecified atom stereocenters. The Morgan fingerprint density at radius 3 is 2.41 bits per heavy atom. The zero-order chi connectivity index (χ0) is 18.8. The van der Waals surface area contributed by atoms with E-state index in [1.165, 1.54) is 16.3 Å². The van der Waals surface area contributed by atoms with Gasteiger partial charge in [-0.15, -0.1) is 0 Å². The summed E-state index contributed by atoms with van der Waals surface area (Å²) < 4.78 is 7.60. The zero-order valence-electron chi connectivity index (χ0n) is 14.5. The number of aromatic nitrogens is 4. The highest BCUT2D eigenvalue weighted by atomic mass is 79.9. The summed E-state index contributed by atoms with van der Waals surface area (Å²) in [6.07, 6.45) is 0. The van der Waals surface area contributed by atoms with Crippen molar-refractivity contribution in [2.24, 2.45) is 0 Å². The van der Waals surface area contributed by atoms with Crippen LogP contribution in [0.15, 0.2) is 74.5 Å². The van der Waals surface area contributed by atoms with Crippen molar-refractivity contribution in [3.63, 3.8) is 0 Å². The highest BCUT2D eigenvalue weighted by Crippen LogP contribution is 2.19. The van der Waals surface area contributed by atoms with Gasteiger partial charge in [-0.3, -0.25) is 4.79 Å². The zero-order valence-corrected chi connectivity index (χ0v) is 16.0. The molecule has 0 bridgehead atoms. The largest absolute Gasteiger partial charge is 0.337 e. The summed E-state index contributed by atoms with van der Waals surface area (Å²) in [7, 11) is 0. The van der Waals surface area contributed by atoms with Gasteiger partial charge in [-0.25, -0.2) is 4.68 Å². The van der Waals surface area contributed by atoms with Gasteiger partial charge < -0.3 is 4.52 Å². The van der Waals surface area contributed by atoms with Crippen molar-refractivity contribution in [2.75, 3.05) is 0 Å². The van der Waals surface area contributed by atoms with E-state index in [1.807, 2.05) is 55.5 Å². The Hall–Kier alpha value is -3.06. The number of hydrogen-bond acceptors (Lipinski definition) is 5. The molecule has 0 radical (unpaired) electrons. The van der Waals surface area contributed by atoms with Crippen LogP contribution in [-0.2, 0) is 6.54 Å². The van der Waals surface area contributed by atoms with Crippen molar-refractivity contribution in [3.8, 4) is 22.6 Å². The van der Waals surface area contributed by atoms with E-state index in [0.717, 1.165) is 15.6 Å². The van der Waals surface area contributed by atoms with Gasteiger partial charge in [0.15, 0.2) is 0 Å². The Labute approximate surface area is 163 Å². The van der Waals surface area contributed by atoms with Crippen LogP contribution in [0.2, 0.25) is 0 Å². The molecule has 0 aliphatic heterocycles. The van der Waals surface area contributed by atoms with Crippen molar-refractivity contribution in [2.45, 2.75) is 13.5 Å². The molecule has 4 rings (SSSR count). The molecule has 0 N–H and O–H groups in total. The van der Waals surface area contributed by atoms with Gasteiger partial charge in [0.25, 0.3) is 5.56 Å². The number of halogens is 1. The maximum Gasteiger partial charge on any atom is 0.267 e. The number of hydrogen-bond donors (Lipinski definition) is 0. The van der Waals surface area contributed by atoms with Crippen molar-refractivity contribution < 1.29 is 4.52 Å². The molecule has 2 aromatic heterocycles. The molecular weight excluding hydrogens is 408 g/mol. The molecule has 6 nitrogen and oxygen atoms in total. The Morgan fingerprint density at radius 2 is 1.67 bits per heavy atom. The third-order valence-electron chi connectivity index (χ3n) is 4.07. The van der Waals surface area contributed by atoms with Gasteiger partial charge in [0.05, 0.1) is 5.69 Å². The lowest BCUT2D eigenvalue weighted by Gasteiger charge is -2.05. The van der Waals surface area contributed by atoms with Crippen LogP contribution in [0.4, 0.5) is 0 Å². The molecule has 7 heteroatoms.